The monoisotopic (exact) mass is 341 g/mol. The highest BCUT2D eigenvalue weighted by molar-refractivity contribution is 6.29. The van der Waals surface area contributed by atoms with Crippen molar-refractivity contribution >= 4 is 34.6 Å². The van der Waals surface area contributed by atoms with Gasteiger partial charge in [-0.25, -0.2) is 9.98 Å². The molecule has 1 aromatic carbocycles. The zero-order valence-electron chi connectivity index (χ0n) is 13.9. The van der Waals surface area contributed by atoms with E-state index in [2.05, 4.69) is 44.9 Å². The summed E-state index contributed by atoms with van der Waals surface area (Å²) in [6.07, 6.45) is 0. The van der Waals surface area contributed by atoms with Crippen LogP contribution in [-0.4, -0.2) is 60.9 Å². The van der Waals surface area contributed by atoms with E-state index in [1.54, 1.807) is 6.07 Å². The number of amidine groups is 1. The van der Waals surface area contributed by atoms with Gasteiger partial charge in [-0.05, 0) is 31.3 Å². The van der Waals surface area contributed by atoms with Crippen LogP contribution in [0.15, 0.2) is 41.4 Å². The third kappa shape index (κ3) is 2.64. The lowest BCUT2D eigenvalue weighted by Gasteiger charge is -2.35. The summed E-state index contributed by atoms with van der Waals surface area (Å²) in [5, 5.41) is 0.483. The molecule has 2 aromatic rings. The number of benzene rings is 1. The maximum absolute atomic E-state index is 6.12. The molecule has 5 nitrogen and oxygen atoms in total. The average molecular weight is 342 g/mol. The van der Waals surface area contributed by atoms with Gasteiger partial charge in [0.25, 0.3) is 0 Å². The highest BCUT2D eigenvalue weighted by Crippen LogP contribution is 2.38. The Labute approximate surface area is 147 Å². The molecule has 0 N–H and O–H groups in total. The van der Waals surface area contributed by atoms with E-state index in [0.717, 1.165) is 54.8 Å². The predicted octanol–water partition coefficient (Wildman–Crippen LogP) is 3.14. The fourth-order valence-electron chi connectivity index (χ4n) is 3.25. The van der Waals surface area contributed by atoms with E-state index in [9.17, 15) is 0 Å². The van der Waals surface area contributed by atoms with Gasteiger partial charge in [0.15, 0.2) is 5.82 Å². The summed E-state index contributed by atoms with van der Waals surface area (Å²) in [5.74, 6) is 1.81. The number of nitrogens with zero attached hydrogens (tertiary/aromatic N) is 5. The van der Waals surface area contributed by atoms with Crippen LogP contribution in [0.3, 0.4) is 0 Å². The van der Waals surface area contributed by atoms with Crippen LogP contribution in [0.25, 0.3) is 0 Å². The van der Waals surface area contributed by atoms with Gasteiger partial charge in [-0.15, -0.1) is 0 Å². The minimum atomic E-state index is 0.483. The summed E-state index contributed by atoms with van der Waals surface area (Å²) >= 11 is 6.12. The number of pyridine rings is 1. The van der Waals surface area contributed by atoms with Crippen molar-refractivity contribution in [1.82, 2.24) is 14.8 Å². The minimum Gasteiger partial charge on any atom is -0.353 e. The number of anilines is 2. The molecule has 0 saturated carbocycles. The Morgan fingerprint density at radius 3 is 2.50 bits per heavy atom. The number of piperazine rings is 1. The van der Waals surface area contributed by atoms with Gasteiger partial charge in [0.2, 0.25) is 0 Å². The summed E-state index contributed by atoms with van der Waals surface area (Å²) in [7, 11) is 4.18. The second-order valence-corrected chi connectivity index (χ2v) is 6.67. The molecule has 0 atom stereocenters. The highest BCUT2D eigenvalue weighted by Gasteiger charge is 2.26. The number of hydrogen-bond donors (Lipinski definition) is 0. The molecular formula is C18H20ClN5. The fourth-order valence-corrected chi connectivity index (χ4v) is 3.40. The lowest BCUT2D eigenvalue weighted by atomic mass is 10.1. The van der Waals surface area contributed by atoms with Crippen molar-refractivity contribution in [1.29, 1.82) is 0 Å². The van der Waals surface area contributed by atoms with Crippen molar-refractivity contribution in [3.05, 3.63) is 47.1 Å². The molecule has 4 rings (SSSR count). The van der Waals surface area contributed by atoms with Crippen LogP contribution in [0.2, 0.25) is 5.15 Å². The summed E-state index contributed by atoms with van der Waals surface area (Å²) in [6, 6.07) is 12.1. The number of rotatable bonds is 0. The average Bonchev–Trinajstić information content (AvgIpc) is 2.72. The Balaban J connectivity index is 1.87. The zero-order valence-corrected chi connectivity index (χ0v) is 14.7. The second kappa shape index (κ2) is 6.07. The standard InChI is InChI=1S/C18H20ClN5/c1-22-9-11-24(12-10-22)17-13-5-3-4-6-15(13)23(2)18-14(20-17)7-8-16(19)21-18/h3-8H,9-12H2,1-2H3. The van der Waals surface area contributed by atoms with Crippen molar-refractivity contribution in [3.63, 3.8) is 0 Å². The molecule has 124 valence electrons. The van der Waals surface area contributed by atoms with E-state index in [0.29, 0.717) is 5.15 Å². The first-order valence-corrected chi connectivity index (χ1v) is 8.53. The van der Waals surface area contributed by atoms with Gasteiger partial charge >= 0.3 is 0 Å². The first-order chi connectivity index (χ1) is 11.6. The SMILES string of the molecule is CN1CCN(C2=Nc3ccc(Cl)nc3N(C)c3ccccc32)CC1. The molecule has 1 saturated heterocycles. The van der Waals surface area contributed by atoms with Crippen molar-refractivity contribution in [2.45, 2.75) is 0 Å². The third-order valence-corrected chi connectivity index (χ3v) is 4.88. The Morgan fingerprint density at radius 1 is 0.958 bits per heavy atom. The van der Waals surface area contributed by atoms with Gasteiger partial charge in [-0.3, -0.25) is 0 Å². The molecule has 0 unspecified atom stereocenters. The molecule has 3 heterocycles. The van der Waals surface area contributed by atoms with E-state index >= 15 is 0 Å². The zero-order chi connectivity index (χ0) is 16.7. The Hall–Kier alpha value is -2.11. The quantitative estimate of drug-likeness (QED) is 0.690. The molecular weight excluding hydrogens is 322 g/mol. The molecule has 0 radical (unpaired) electrons. The molecule has 1 aromatic heterocycles. The van der Waals surface area contributed by atoms with E-state index in [-0.39, 0.29) is 0 Å². The van der Waals surface area contributed by atoms with E-state index in [1.165, 1.54) is 0 Å². The first-order valence-electron chi connectivity index (χ1n) is 8.15. The van der Waals surface area contributed by atoms with Crippen molar-refractivity contribution in [2.75, 3.05) is 45.2 Å². The normalized spacial score (nSPS) is 17.9. The fraction of sp³-hybridized carbons (Fsp3) is 0.333. The topological polar surface area (TPSA) is 35.0 Å². The first kappa shape index (κ1) is 15.4. The third-order valence-electron chi connectivity index (χ3n) is 4.67. The molecule has 2 aliphatic rings. The number of likely N-dealkylation sites (N-methyl/N-ethyl adjacent to an activating group) is 1. The van der Waals surface area contributed by atoms with Crippen LogP contribution in [0.1, 0.15) is 5.56 Å². The van der Waals surface area contributed by atoms with E-state index in [1.807, 2.05) is 19.2 Å². The van der Waals surface area contributed by atoms with Crippen LogP contribution in [0, 0.1) is 0 Å². The Morgan fingerprint density at radius 2 is 1.71 bits per heavy atom. The summed E-state index contributed by atoms with van der Waals surface area (Å²) in [5.41, 5.74) is 3.09. The molecule has 1 fully saturated rings. The van der Waals surface area contributed by atoms with Gasteiger partial charge < -0.3 is 14.7 Å². The van der Waals surface area contributed by atoms with Gasteiger partial charge in [0, 0.05) is 38.8 Å². The number of aliphatic imine (C=N–C) groups is 1. The summed E-state index contributed by atoms with van der Waals surface area (Å²) in [6.45, 7) is 4.04. The number of para-hydroxylation sites is 1. The molecule has 0 amide bonds. The van der Waals surface area contributed by atoms with Crippen molar-refractivity contribution in [2.24, 2.45) is 4.99 Å². The maximum Gasteiger partial charge on any atom is 0.160 e. The highest BCUT2D eigenvalue weighted by atomic mass is 35.5. The van der Waals surface area contributed by atoms with E-state index in [4.69, 9.17) is 16.6 Å². The van der Waals surface area contributed by atoms with Crippen molar-refractivity contribution in [3.8, 4) is 0 Å². The Bertz CT molecular complexity index is 796. The molecule has 0 bridgehead atoms. The largest absolute Gasteiger partial charge is 0.353 e. The van der Waals surface area contributed by atoms with Gasteiger partial charge in [0.1, 0.15) is 16.7 Å². The predicted molar refractivity (Wildman–Crippen MR) is 99.0 cm³/mol. The maximum atomic E-state index is 6.12. The molecule has 6 heteroatoms. The summed E-state index contributed by atoms with van der Waals surface area (Å²) in [4.78, 5) is 16.3. The number of aromatic nitrogens is 1. The number of fused-ring (bicyclic) bond motifs is 2. The lowest BCUT2D eigenvalue weighted by Crippen LogP contribution is -2.47. The minimum absolute atomic E-state index is 0.483. The van der Waals surface area contributed by atoms with Gasteiger partial charge in [-0.2, -0.15) is 0 Å². The van der Waals surface area contributed by atoms with Crippen LogP contribution < -0.4 is 4.90 Å². The molecule has 2 aliphatic heterocycles. The summed E-state index contributed by atoms with van der Waals surface area (Å²) < 4.78 is 0. The molecule has 24 heavy (non-hydrogen) atoms. The van der Waals surface area contributed by atoms with Crippen LogP contribution >= 0.6 is 11.6 Å². The van der Waals surface area contributed by atoms with Crippen LogP contribution in [0.4, 0.5) is 17.2 Å². The smallest absolute Gasteiger partial charge is 0.160 e. The molecule has 0 spiro atoms. The second-order valence-electron chi connectivity index (χ2n) is 6.28. The van der Waals surface area contributed by atoms with Crippen LogP contribution in [-0.2, 0) is 0 Å². The number of halogens is 1. The lowest BCUT2D eigenvalue weighted by molar-refractivity contribution is 0.216. The molecule has 0 aliphatic carbocycles. The van der Waals surface area contributed by atoms with Gasteiger partial charge in [-0.1, -0.05) is 23.7 Å². The van der Waals surface area contributed by atoms with E-state index < -0.39 is 0 Å². The van der Waals surface area contributed by atoms with Crippen molar-refractivity contribution < 1.29 is 0 Å². The Kier molecular flexibility index (Phi) is 3.90. The van der Waals surface area contributed by atoms with Crippen LogP contribution in [0.5, 0.6) is 0 Å². The van der Waals surface area contributed by atoms with Gasteiger partial charge in [0.05, 0.1) is 5.69 Å². The number of hydrogen-bond acceptors (Lipinski definition) is 5.